The summed E-state index contributed by atoms with van der Waals surface area (Å²) in [6.45, 7) is 22.3. The van der Waals surface area contributed by atoms with E-state index in [0.29, 0.717) is 86.3 Å². The van der Waals surface area contributed by atoms with Crippen molar-refractivity contribution in [1.29, 1.82) is 27.0 Å². The minimum absolute atomic E-state index is 0. The first-order valence-electron chi connectivity index (χ1n) is 49.5. The zero-order valence-electron chi connectivity index (χ0n) is 79.8. The van der Waals surface area contributed by atoms with E-state index in [-0.39, 0.29) is 50.3 Å². The summed E-state index contributed by atoms with van der Waals surface area (Å²) in [5, 5.41) is 54.6. The lowest BCUT2D eigenvalue weighted by Gasteiger charge is -2.31. The van der Waals surface area contributed by atoms with Crippen molar-refractivity contribution in [3.8, 4) is 0 Å². The summed E-state index contributed by atoms with van der Waals surface area (Å²) in [5.41, 5.74) is 20.6. The van der Waals surface area contributed by atoms with Gasteiger partial charge >= 0.3 is 0 Å². The van der Waals surface area contributed by atoms with Crippen LogP contribution in [0.15, 0.2) is 179 Å². The molecule has 0 radical (unpaired) electrons. The van der Waals surface area contributed by atoms with Gasteiger partial charge in [0.25, 0.3) is 0 Å². The highest BCUT2D eigenvalue weighted by atomic mass is 32.1. The van der Waals surface area contributed by atoms with Gasteiger partial charge in [0.05, 0.1) is 28.6 Å². The molecular formula is C112H147N15O5S5. The first kappa shape index (κ1) is 106. The number of likely N-dealkylation sites (tertiary alicyclic amines) is 3. The number of hydrogen-bond donors (Lipinski definition) is 6. The molecule has 3 fully saturated rings. The summed E-state index contributed by atoms with van der Waals surface area (Å²) in [7, 11) is 4.12. The number of thiophene rings is 5. The molecule has 3 saturated heterocycles. The van der Waals surface area contributed by atoms with Crippen LogP contribution in [0.25, 0.3) is 0 Å². The van der Waals surface area contributed by atoms with Crippen LogP contribution in [-0.4, -0.2) is 208 Å². The Kier molecular flexibility index (Phi) is 41.8. The molecule has 1 atom stereocenters. The van der Waals surface area contributed by atoms with Crippen LogP contribution in [-0.2, 0) is 88.2 Å². The van der Waals surface area contributed by atoms with Crippen molar-refractivity contribution in [2.75, 3.05) is 150 Å². The summed E-state index contributed by atoms with van der Waals surface area (Å²) < 4.78 is 0. The Labute approximate surface area is 835 Å². The summed E-state index contributed by atoms with van der Waals surface area (Å²) in [6.07, 6.45) is 26.3. The normalized spacial score (nSPS) is 16.4. The Morgan fingerprint density at radius 1 is 0.343 bits per heavy atom. The number of anilines is 5. The smallest absolute Gasteiger partial charge is 0.227 e. The standard InChI is InChI=1S/2C23H29N3OS.C22H27N3OS.C22H29N3OS.C20H25N3OS.2CH4/c2*24-20(22-6-4-15-28-22)17-18-7-9-21-19(16-18)8-10-23(27)26(21)14-5-13-25-11-2-1-3-12-25;23-19(21-5-3-14-27-21)16-17-6-8-20-18(15-17)7-9-22(26)25(20)13-4-12-24-10-1-2-11-24;1-3-24(4-2)12-6-13-25-20-10-8-17(15-18(20)9-11-22(25)26)16-19(23)21-7-5-14-27-21;1-23(2)9-3-5-15-13-16-11-14(7-8-18(16)22-20(15)24)12-17(21)19-6-4-10-25-19;;/h2*4,6-7,9,15-16,24H,1-3,5,8,10-14,17H2;3,5-6,8,14-15,23H,1-2,4,7,9-13,16H2;5,7-8,10,14-15,23H,3-4,6,9,11-13,16H2,1-2H3;4,6-8,10-11,15,21H,3,5,9,12-13H2,1-2H3,(H,22,24);2*1H4. The Balaban J connectivity index is 0.000000153. The van der Waals surface area contributed by atoms with Gasteiger partial charge in [-0.3, -0.25) is 24.0 Å². The van der Waals surface area contributed by atoms with Crippen molar-refractivity contribution in [2.24, 2.45) is 5.92 Å². The van der Waals surface area contributed by atoms with Gasteiger partial charge < -0.3 is 76.5 Å². The van der Waals surface area contributed by atoms with Crippen molar-refractivity contribution in [3.63, 3.8) is 0 Å². The third-order valence-electron chi connectivity index (χ3n) is 27.2. The molecule has 10 aromatic rings. The SMILES string of the molecule is C.C.CCN(CC)CCCN1C(=O)CCc2cc(CC(=N)c3cccs3)ccc21.CN(C)CCCC1Cc2cc(CC(=N)c3cccs3)ccc2NC1=O.N=C(Cc1ccc2c(c1)CCC(=O)N2CCCN1CCCC1)c1cccs1.N=C(Cc1ccc2c(c1)CCC(=O)N2CCCN1CCCCC1)c1cccs1.N=C(Cc1ccc2c(c1)CCC(=O)N2CCCN1CCCCC1)c1cccs1. The third kappa shape index (κ3) is 30.8. The highest BCUT2D eigenvalue weighted by Gasteiger charge is 2.32. The lowest BCUT2D eigenvalue weighted by atomic mass is 9.88. The number of fused-ring (bicyclic) bond motifs is 5. The van der Waals surface area contributed by atoms with Crippen LogP contribution < -0.4 is 24.9 Å². The number of hydrogen-bond acceptors (Lipinski definition) is 20. The summed E-state index contributed by atoms with van der Waals surface area (Å²) >= 11 is 8.07. The minimum Gasteiger partial charge on any atom is -0.326 e. The second-order valence-electron chi connectivity index (χ2n) is 37.3. The van der Waals surface area contributed by atoms with Crippen LogP contribution in [0.2, 0.25) is 0 Å². The molecule has 0 aliphatic carbocycles. The van der Waals surface area contributed by atoms with Crippen LogP contribution in [0, 0.1) is 33.0 Å². The van der Waals surface area contributed by atoms with Gasteiger partial charge in [0.15, 0.2) is 0 Å². The Morgan fingerprint density at radius 2 is 0.628 bits per heavy atom. The van der Waals surface area contributed by atoms with Gasteiger partial charge in [-0.1, -0.05) is 133 Å². The molecular weight excluding hydrogens is 1800 g/mol. The molecule has 6 N–H and O–H groups in total. The van der Waals surface area contributed by atoms with Crippen LogP contribution in [0.1, 0.15) is 224 Å². The number of nitrogens with one attached hydrogen (secondary N) is 6. The van der Waals surface area contributed by atoms with Crippen molar-refractivity contribution < 1.29 is 24.0 Å². The van der Waals surface area contributed by atoms with E-state index in [1.165, 1.54) is 135 Å². The number of piperidine rings is 2. The largest absolute Gasteiger partial charge is 0.326 e. The maximum absolute atomic E-state index is 12.5. The van der Waals surface area contributed by atoms with Crippen molar-refractivity contribution >= 4 is 143 Å². The van der Waals surface area contributed by atoms with E-state index in [0.717, 1.165) is 207 Å². The summed E-state index contributed by atoms with van der Waals surface area (Å²) in [4.78, 5) is 87.6. The zero-order valence-corrected chi connectivity index (χ0v) is 83.9. The lowest BCUT2D eigenvalue weighted by Crippen LogP contribution is -2.38. The number of benzene rings is 5. The fraction of sp³-hybridized carbons (Fsp3) is 0.464. The second kappa shape index (κ2) is 54.0. The number of carbonyl (C=O) groups excluding carboxylic acids is 5. The monoisotopic (exact) mass is 1940 g/mol. The molecule has 25 heteroatoms. The van der Waals surface area contributed by atoms with Crippen LogP contribution in [0.3, 0.4) is 0 Å². The number of rotatable bonds is 37. The Morgan fingerprint density at radius 3 is 0.912 bits per heavy atom. The predicted molar refractivity (Wildman–Crippen MR) is 579 cm³/mol. The van der Waals surface area contributed by atoms with E-state index >= 15 is 0 Å². The van der Waals surface area contributed by atoms with Gasteiger partial charge in [-0.2, -0.15) is 0 Å². The third-order valence-corrected chi connectivity index (χ3v) is 31.9. The first-order valence-corrected chi connectivity index (χ1v) is 53.9. The molecule has 8 aliphatic heterocycles. The number of carbonyl (C=O) groups is 5. The van der Waals surface area contributed by atoms with Gasteiger partial charge in [0, 0.05) is 143 Å². The molecule has 0 spiro atoms. The van der Waals surface area contributed by atoms with E-state index in [1.54, 1.807) is 56.7 Å². The fourth-order valence-corrected chi connectivity index (χ4v) is 23.2. The first-order chi connectivity index (χ1) is 65.8. The van der Waals surface area contributed by atoms with E-state index < -0.39 is 0 Å². The maximum Gasteiger partial charge on any atom is 0.227 e. The van der Waals surface area contributed by atoms with Crippen molar-refractivity contribution in [1.82, 2.24) is 24.5 Å². The molecule has 1 unspecified atom stereocenters. The molecule has 8 aliphatic rings. The number of nitrogens with zero attached hydrogens (tertiary/aromatic N) is 9. The van der Waals surface area contributed by atoms with E-state index in [2.05, 4.69) is 137 Å². The van der Waals surface area contributed by atoms with Crippen LogP contribution in [0.4, 0.5) is 28.4 Å². The number of aryl methyl sites for hydroxylation is 4. The quantitative estimate of drug-likeness (QED) is 0.0201. The fourth-order valence-electron chi connectivity index (χ4n) is 19.8. The average molecular weight is 1940 g/mol. The van der Waals surface area contributed by atoms with Gasteiger partial charge in [-0.05, 0) is 352 Å². The molecule has 5 aromatic heterocycles. The minimum atomic E-state index is 0. The van der Waals surface area contributed by atoms with Crippen LogP contribution in [0.5, 0.6) is 0 Å². The van der Waals surface area contributed by atoms with E-state index in [1.807, 2.05) is 119 Å². The second-order valence-corrected chi connectivity index (χ2v) is 42.1. The summed E-state index contributed by atoms with van der Waals surface area (Å²) in [6, 6.07) is 51.7. The Bertz CT molecular complexity index is 5310. The summed E-state index contributed by atoms with van der Waals surface area (Å²) in [5.74, 6) is 1.20. The lowest BCUT2D eigenvalue weighted by molar-refractivity contribution is -0.121. The van der Waals surface area contributed by atoms with Gasteiger partial charge in [0.2, 0.25) is 29.5 Å². The van der Waals surface area contributed by atoms with Gasteiger partial charge in [-0.15, -0.1) is 56.7 Å². The number of amides is 5. The molecule has 730 valence electrons. The van der Waals surface area contributed by atoms with Crippen molar-refractivity contribution in [2.45, 2.75) is 208 Å². The zero-order chi connectivity index (χ0) is 94.4. The molecule has 20 nitrogen and oxygen atoms in total. The average Bonchev–Trinajstić information content (AvgIpc) is 0.965. The molecule has 0 bridgehead atoms. The van der Waals surface area contributed by atoms with Gasteiger partial charge in [-0.25, -0.2) is 0 Å². The topological polar surface area (TPSA) is 246 Å². The van der Waals surface area contributed by atoms with Crippen LogP contribution >= 0.6 is 56.7 Å². The van der Waals surface area contributed by atoms with Crippen molar-refractivity contribution in [3.05, 3.63) is 259 Å². The van der Waals surface area contributed by atoms with E-state index in [4.69, 9.17) is 27.0 Å². The van der Waals surface area contributed by atoms with Gasteiger partial charge in [0.1, 0.15) is 0 Å². The molecule has 5 amide bonds. The predicted octanol–water partition coefficient (Wildman–Crippen LogP) is 22.6. The highest BCUT2D eigenvalue weighted by molar-refractivity contribution is 7.13. The molecule has 13 heterocycles. The molecule has 5 aromatic carbocycles. The highest BCUT2D eigenvalue weighted by Crippen LogP contribution is 2.37. The molecule has 137 heavy (non-hydrogen) atoms. The molecule has 0 saturated carbocycles. The maximum atomic E-state index is 12.5. The Hall–Kier alpha value is -9.90. The molecule has 18 rings (SSSR count). The van der Waals surface area contributed by atoms with E-state index in [9.17, 15) is 24.0 Å².